The number of aliphatic hydroxyl groups is 3. The smallest absolute Gasteiger partial charge is 0.412 e. The van der Waals surface area contributed by atoms with Crippen LogP contribution in [-0.4, -0.2) is 67.8 Å². The van der Waals surface area contributed by atoms with Crippen molar-refractivity contribution in [3.63, 3.8) is 0 Å². The highest BCUT2D eigenvalue weighted by molar-refractivity contribution is 7.46. The van der Waals surface area contributed by atoms with Gasteiger partial charge in [-0.3, -0.25) is 4.52 Å². The Bertz CT molecular complexity index is 283. The molecule has 0 aromatic carbocycles. The molecule has 11 heteroatoms. The average molecular weight is 277 g/mol. The van der Waals surface area contributed by atoms with Crippen molar-refractivity contribution < 1.29 is 44.4 Å². The molecule has 0 radical (unpaired) electrons. The molecule has 17 heavy (non-hydrogen) atoms. The summed E-state index contributed by atoms with van der Waals surface area (Å²) < 4.78 is 19.2. The molecular weight excluding hydrogens is 261 g/mol. The molecule has 1 unspecified atom stereocenters. The SMILES string of the molecule is N[C@H]1C(O)O[C@H](COP(=O)(O)O)[C@@H](O)[C@@H]1O.O. The predicted octanol–water partition coefficient (Wildman–Crippen LogP) is -3.96. The Morgan fingerprint density at radius 3 is 2.24 bits per heavy atom. The van der Waals surface area contributed by atoms with E-state index in [0.29, 0.717) is 0 Å². The molecule has 1 saturated heterocycles. The van der Waals surface area contributed by atoms with Gasteiger partial charge in [-0.25, -0.2) is 4.57 Å². The van der Waals surface area contributed by atoms with E-state index in [1.54, 1.807) is 0 Å². The molecule has 1 heterocycles. The lowest BCUT2D eigenvalue weighted by Gasteiger charge is -2.38. The first-order valence-corrected chi connectivity index (χ1v) is 5.91. The van der Waals surface area contributed by atoms with Crippen molar-refractivity contribution in [3.8, 4) is 0 Å². The quantitative estimate of drug-likeness (QED) is 0.279. The molecule has 0 aromatic rings. The van der Waals surface area contributed by atoms with Crippen LogP contribution in [0.1, 0.15) is 0 Å². The van der Waals surface area contributed by atoms with Crippen LogP contribution in [0.2, 0.25) is 0 Å². The molecule has 0 bridgehead atoms. The molecule has 104 valence electrons. The summed E-state index contributed by atoms with van der Waals surface area (Å²) in [6.07, 6.45) is -5.76. The van der Waals surface area contributed by atoms with Gasteiger partial charge in [-0.15, -0.1) is 0 Å². The van der Waals surface area contributed by atoms with E-state index in [0.717, 1.165) is 0 Å². The van der Waals surface area contributed by atoms with Gasteiger partial charge in [-0.2, -0.15) is 0 Å². The molecule has 0 aliphatic carbocycles. The maximum Gasteiger partial charge on any atom is 0.469 e. The Morgan fingerprint density at radius 1 is 1.24 bits per heavy atom. The number of hydrogen-bond donors (Lipinski definition) is 6. The molecule has 1 aliphatic rings. The average Bonchev–Trinajstić information content (AvgIpc) is 2.17. The van der Waals surface area contributed by atoms with Crippen LogP contribution in [0.5, 0.6) is 0 Å². The van der Waals surface area contributed by atoms with Crippen LogP contribution in [0, 0.1) is 0 Å². The van der Waals surface area contributed by atoms with Crippen molar-refractivity contribution >= 4 is 7.82 Å². The molecule has 0 saturated carbocycles. The third-order valence-corrected chi connectivity index (χ3v) is 2.66. The Morgan fingerprint density at radius 2 is 1.76 bits per heavy atom. The largest absolute Gasteiger partial charge is 0.469 e. The van der Waals surface area contributed by atoms with Crippen LogP contribution >= 0.6 is 7.82 Å². The second kappa shape index (κ2) is 6.16. The van der Waals surface area contributed by atoms with Crippen LogP contribution in [0.15, 0.2) is 0 Å². The summed E-state index contributed by atoms with van der Waals surface area (Å²) in [6, 6.07) is -1.19. The summed E-state index contributed by atoms with van der Waals surface area (Å²) in [5, 5.41) is 28.0. The van der Waals surface area contributed by atoms with E-state index in [2.05, 4.69) is 4.52 Å². The maximum atomic E-state index is 10.4. The third kappa shape index (κ3) is 4.56. The van der Waals surface area contributed by atoms with Gasteiger partial charge in [0.15, 0.2) is 6.29 Å². The fourth-order valence-electron chi connectivity index (χ4n) is 1.28. The predicted molar refractivity (Wildman–Crippen MR) is 52.5 cm³/mol. The molecule has 5 atom stereocenters. The molecule has 1 aliphatic heterocycles. The Labute approximate surface area is 96.1 Å². The number of nitrogens with two attached hydrogens (primary N) is 1. The summed E-state index contributed by atoms with van der Waals surface area (Å²) >= 11 is 0. The standard InChI is InChI=1S/C6H14NO8P.H2O/c7-3-5(9)4(8)2(15-6(3)10)1-14-16(11,12)13;/h2-6,8-10H,1,7H2,(H2,11,12,13);1H2/t2-,3-,4-,5-,6?;/m1./s1. The van der Waals surface area contributed by atoms with Crippen molar-refractivity contribution in [2.75, 3.05) is 6.61 Å². The van der Waals surface area contributed by atoms with Crippen molar-refractivity contribution in [3.05, 3.63) is 0 Å². The second-order valence-corrected chi connectivity index (χ2v) is 4.65. The van der Waals surface area contributed by atoms with Crippen molar-refractivity contribution in [2.24, 2.45) is 5.73 Å². The molecule has 1 rings (SSSR count). The molecule has 9 N–H and O–H groups in total. The van der Waals surface area contributed by atoms with Gasteiger partial charge in [0.2, 0.25) is 0 Å². The van der Waals surface area contributed by atoms with Gasteiger partial charge in [-0.05, 0) is 0 Å². The zero-order chi connectivity index (χ0) is 12.5. The first-order chi connectivity index (χ1) is 7.22. The van der Waals surface area contributed by atoms with Crippen molar-refractivity contribution in [1.82, 2.24) is 0 Å². The van der Waals surface area contributed by atoms with E-state index in [4.69, 9.17) is 20.3 Å². The molecule has 10 nitrogen and oxygen atoms in total. The lowest BCUT2D eigenvalue weighted by atomic mass is 9.98. The zero-order valence-electron chi connectivity index (χ0n) is 8.58. The van der Waals surface area contributed by atoms with Crippen LogP contribution in [0.4, 0.5) is 0 Å². The van der Waals surface area contributed by atoms with Crippen LogP contribution in [0.25, 0.3) is 0 Å². The van der Waals surface area contributed by atoms with Gasteiger partial charge in [0.25, 0.3) is 0 Å². The fraction of sp³-hybridized carbons (Fsp3) is 1.00. The summed E-state index contributed by atoms with van der Waals surface area (Å²) in [4.78, 5) is 16.8. The topological polar surface area (TPSA) is 194 Å². The number of phosphoric acid groups is 1. The molecule has 0 amide bonds. The molecular formula is C6H16NO9P. The summed E-state index contributed by atoms with van der Waals surface area (Å²) in [6.45, 7) is -0.674. The number of ether oxygens (including phenoxy) is 1. The van der Waals surface area contributed by atoms with E-state index in [-0.39, 0.29) is 5.48 Å². The highest BCUT2D eigenvalue weighted by Crippen LogP contribution is 2.36. The second-order valence-electron chi connectivity index (χ2n) is 3.41. The highest BCUT2D eigenvalue weighted by Gasteiger charge is 2.42. The van der Waals surface area contributed by atoms with E-state index in [9.17, 15) is 19.9 Å². The minimum Gasteiger partial charge on any atom is -0.412 e. The number of phosphoric ester groups is 1. The van der Waals surface area contributed by atoms with Crippen molar-refractivity contribution in [2.45, 2.75) is 30.6 Å². The van der Waals surface area contributed by atoms with Gasteiger partial charge in [0, 0.05) is 0 Å². The van der Waals surface area contributed by atoms with E-state index in [1.807, 2.05) is 0 Å². The van der Waals surface area contributed by atoms with Crippen LogP contribution in [-0.2, 0) is 13.8 Å². The zero-order valence-corrected chi connectivity index (χ0v) is 9.47. The van der Waals surface area contributed by atoms with Crippen LogP contribution in [0.3, 0.4) is 0 Å². The van der Waals surface area contributed by atoms with Gasteiger partial charge < -0.3 is 41.1 Å². The minimum atomic E-state index is -4.70. The number of aliphatic hydroxyl groups excluding tert-OH is 3. The lowest BCUT2D eigenvalue weighted by Crippen LogP contribution is -2.61. The number of hydrogen-bond acceptors (Lipinski definition) is 7. The van der Waals surface area contributed by atoms with E-state index in [1.165, 1.54) is 0 Å². The van der Waals surface area contributed by atoms with Gasteiger partial charge in [0.1, 0.15) is 18.3 Å². The van der Waals surface area contributed by atoms with Crippen molar-refractivity contribution in [1.29, 1.82) is 0 Å². The highest BCUT2D eigenvalue weighted by atomic mass is 31.2. The first kappa shape index (κ1) is 16.9. The maximum absolute atomic E-state index is 10.4. The Balaban J connectivity index is 0.00000256. The monoisotopic (exact) mass is 277 g/mol. The van der Waals surface area contributed by atoms with Crippen LogP contribution < -0.4 is 5.73 Å². The number of rotatable bonds is 3. The molecule has 0 aromatic heterocycles. The molecule has 1 fully saturated rings. The van der Waals surface area contributed by atoms with Gasteiger partial charge in [-0.1, -0.05) is 0 Å². The Kier molecular flexibility index (Phi) is 6.11. The fourth-order valence-corrected chi connectivity index (χ4v) is 1.62. The van der Waals surface area contributed by atoms with E-state index >= 15 is 0 Å². The van der Waals surface area contributed by atoms with E-state index < -0.39 is 45.1 Å². The third-order valence-electron chi connectivity index (χ3n) is 2.18. The normalized spacial score (nSPS) is 38.6. The van der Waals surface area contributed by atoms with Gasteiger partial charge >= 0.3 is 7.82 Å². The summed E-state index contributed by atoms with van der Waals surface area (Å²) in [5.74, 6) is 0. The molecule has 0 spiro atoms. The summed E-state index contributed by atoms with van der Waals surface area (Å²) in [5.41, 5.74) is 5.28. The first-order valence-electron chi connectivity index (χ1n) is 4.37. The minimum absolute atomic E-state index is 0. The summed E-state index contributed by atoms with van der Waals surface area (Å²) in [7, 11) is -4.70. The Hall–Kier alpha value is -0.130. The lowest BCUT2D eigenvalue weighted by molar-refractivity contribution is -0.247. The van der Waals surface area contributed by atoms with Gasteiger partial charge in [0.05, 0.1) is 12.6 Å².